The third-order valence-corrected chi connectivity index (χ3v) is 13.4. The summed E-state index contributed by atoms with van der Waals surface area (Å²) in [5.74, 6) is -9.66. The number of benzene rings is 1. The van der Waals surface area contributed by atoms with E-state index in [2.05, 4.69) is 58.5 Å². The Labute approximate surface area is 485 Å². The lowest BCUT2D eigenvalue weighted by atomic mass is 10.00. The van der Waals surface area contributed by atoms with E-state index in [1.807, 2.05) is 0 Å². The Morgan fingerprint density at radius 3 is 1.61 bits per heavy atom. The number of hydrogen-bond donors (Lipinski definition) is 18. The standard InChI is InChI=1S/C54H93N15O14/c1-31(2)28-39-50(79)63-35(18-23-56)46(75)62-37(20-25-58)49(78)69-44(32(3)71)53(82)60-27-21-38(48(77)61-36(19-24-57)47(76)66-40(51(80)65-39)29-34-14-8-5-9-15-34)64-52(81)41(30-70)67-54(83)45(33(4)72)68-43(74)17-11-7-13-26-59-42(73)16-10-6-12-22-55/h5,8-9,14-15,31-33,35-41,44-45,70-72H,6-7,10-13,16-30,55-58H2,1-4H3,(H,59,73)(H,60,82)(H,61,77)(H,62,75)(H,63,79)(H,64,81)(H,65,80)(H,66,76)(H,67,83)(H,68,74)(H,69,78)/t32-,33-,35+,36+,37+,38+,39+,40-,41-,44+,45+/m1/s1. The Balaban J connectivity index is 2.54. The second-order valence-electron chi connectivity index (χ2n) is 21.0. The molecule has 83 heavy (non-hydrogen) atoms. The molecule has 1 aliphatic rings. The normalized spacial score (nSPS) is 22.4. The van der Waals surface area contributed by atoms with E-state index in [-0.39, 0.29) is 70.0 Å². The van der Waals surface area contributed by atoms with Crippen molar-refractivity contribution < 1.29 is 68.1 Å². The molecule has 1 heterocycles. The van der Waals surface area contributed by atoms with Gasteiger partial charge in [-0.1, -0.05) is 57.0 Å². The van der Waals surface area contributed by atoms with Crippen LogP contribution >= 0.6 is 0 Å². The molecule has 0 aliphatic carbocycles. The summed E-state index contributed by atoms with van der Waals surface area (Å²) in [4.78, 5) is 151. The third kappa shape index (κ3) is 27.4. The molecule has 29 heteroatoms. The van der Waals surface area contributed by atoms with Crippen molar-refractivity contribution >= 4 is 65.0 Å². The number of aliphatic hydroxyl groups is 3. The smallest absolute Gasteiger partial charge is 0.245 e. The van der Waals surface area contributed by atoms with Gasteiger partial charge in [0.05, 0.1) is 18.8 Å². The Kier molecular flexibility index (Phi) is 34.4. The summed E-state index contributed by atoms with van der Waals surface area (Å²) in [6.07, 6.45) is 0.0274. The van der Waals surface area contributed by atoms with Crippen molar-refractivity contribution in [2.75, 3.05) is 45.9 Å². The van der Waals surface area contributed by atoms with Crippen LogP contribution in [0.4, 0.5) is 0 Å². The molecular formula is C54H93N15O14. The van der Waals surface area contributed by atoms with Crippen LogP contribution in [0.3, 0.4) is 0 Å². The average molecular weight is 1180 g/mol. The van der Waals surface area contributed by atoms with Crippen LogP contribution in [0.15, 0.2) is 30.3 Å². The highest BCUT2D eigenvalue weighted by atomic mass is 16.3. The molecule has 0 saturated carbocycles. The molecule has 2 rings (SSSR count). The molecule has 0 aromatic heterocycles. The summed E-state index contributed by atoms with van der Waals surface area (Å²) >= 11 is 0. The van der Waals surface area contributed by atoms with E-state index in [4.69, 9.17) is 22.9 Å². The van der Waals surface area contributed by atoms with Gasteiger partial charge in [-0.3, -0.25) is 52.7 Å². The molecule has 468 valence electrons. The molecule has 0 unspecified atom stereocenters. The molecule has 11 amide bonds. The predicted molar refractivity (Wildman–Crippen MR) is 305 cm³/mol. The van der Waals surface area contributed by atoms with E-state index in [9.17, 15) is 68.1 Å². The van der Waals surface area contributed by atoms with Crippen molar-refractivity contribution in [2.24, 2.45) is 28.9 Å². The van der Waals surface area contributed by atoms with Crippen LogP contribution in [0.2, 0.25) is 0 Å². The van der Waals surface area contributed by atoms with Crippen molar-refractivity contribution in [1.29, 1.82) is 0 Å². The van der Waals surface area contributed by atoms with Gasteiger partial charge in [0.15, 0.2) is 0 Å². The highest BCUT2D eigenvalue weighted by Crippen LogP contribution is 2.11. The fourth-order valence-electron chi connectivity index (χ4n) is 8.70. The highest BCUT2D eigenvalue weighted by Gasteiger charge is 2.37. The maximum absolute atomic E-state index is 14.4. The van der Waals surface area contributed by atoms with Gasteiger partial charge in [0.1, 0.15) is 54.4 Å². The number of nitrogens with one attached hydrogen (secondary N) is 11. The van der Waals surface area contributed by atoms with Crippen LogP contribution in [0.1, 0.15) is 117 Å². The molecule has 22 N–H and O–H groups in total. The number of hydrogen-bond acceptors (Lipinski definition) is 18. The monoisotopic (exact) mass is 1180 g/mol. The first-order chi connectivity index (χ1) is 39.5. The minimum absolute atomic E-state index is 0.0428. The molecule has 0 radical (unpaired) electrons. The van der Waals surface area contributed by atoms with E-state index in [0.717, 1.165) is 19.3 Å². The third-order valence-electron chi connectivity index (χ3n) is 13.4. The van der Waals surface area contributed by atoms with Crippen LogP contribution in [-0.4, -0.2) is 193 Å². The van der Waals surface area contributed by atoms with Crippen molar-refractivity contribution in [3.05, 3.63) is 35.9 Å². The topological polar surface area (TPSA) is 485 Å². The van der Waals surface area contributed by atoms with E-state index >= 15 is 0 Å². The Bertz CT molecular complexity index is 2240. The zero-order valence-corrected chi connectivity index (χ0v) is 48.3. The zero-order valence-electron chi connectivity index (χ0n) is 48.3. The van der Waals surface area contributed by atoms with Crippen molar-refractivity contribution in [1.82, 2.24) is 58.5 Å². The van der Waals surface area contributed by atoms with Gasteiger partial charge in [-0.2, -0.15) is 0 Å². The minimum Gasteiger partial charge on any atom is -0.394 e. The number of carbonyl (C=O) groups is 11. The summed E-state index contributed by atoms with van der Waals surface area (Å²) in [6.45, 7) is 4.89. The van der Waals surface area contributed by atoms with Crippen molar-refractivity contribution in [3.63, 3.8) is 0 Å². The van der Waals surface area contributed by atoms with E-state index < -0.39 is 145 Å². The van der Waals surface area contributed by atoms with Crippen LogP contribution in [0.5, 0.6) is 0 Å². The number of amides is 11. The fourth-order valence-corrected chi connectivity index (χ4v) is 8.70. The number of aliphatic hydroxyl groups excluding tert-OH is 3. The van der Waals surface area contributed by atoms with Gasteiger partial charge >= 0.3 is 0 Å². The fraction of sp³-hybridized carbons (Fsp3) is 0.685. The van der Waals surface area contributed by atoms with Crippen molar-refractivity contribution in [2.45, 2.75) is 184 Å². The van der Waals surface area contributed by atoms with Crippen LogP contribution in [0, 0.1) is 5.92 Å². The van der Waals surface area contributed by atoms with Gasteiger partial charge in [0, 0.05) is 32.4 Å². The SMILES string of the molecule is CC(C)C[C@@H]1NC(=O)[C@@H](Cc2ccccc2)NC(=O)[C@H](CCN)NC(=O)[C@@H](NC(=O)[C@@H](CO)NC(=O)[C@@H](NC(=O)CCCCCNC(=O)CCCCCN)[C@@H](C)O)CCNC(=O)[C@H]([C@@H](C)O)NC(=O)[C@H](CCN)NC(=O)[C@H](CCN)NC1=O. The first-order valence-electron chi connectivity index (χ1n) is 28.6. The van der Waals surface area contributed by atoms with E-state index in [0.29, 0.717) is 44.3 Å². The first kappa shape index (κ1) is 72.2. The zero-order chi connectivity index (χ0) is 62.0. The van der Waals surface area contributed by atoms with Crippen LogP contribution in [-0.2, 0) is 59.2 Å². The summed E-state index contributed by atoms with van der Waals surface area (Å²) in [5, 5.41) is 59.4. The summed E-state index contributed by atoms with van der Waals surface area (Å²) in [6, 6.07) is -5.34. The molecule has 1 aromatic rings. The first-order valence-corrected chi connectivity index (χ1v) is 28.6. The lowest BCUT2D eigenvalue weighted by molar-refractivity contribution is -0.137. The number of rotatable bonds is 29. The molecule has 29 nitrogen and oxygen atoms in total. The van der Waals surface area contributed by atoms with Gasteiger partial charge in [-0.15, -0.1) is 0 Å². The van der Waals surface area contributed by atoms with Gasteiger partial charge in [-0.25, -0.2) is 0 Å². The van der Waals surface area contributed by atoms with E-state index in [1.54, 1.807) is 44.2 Å². The summed E-state index contributed by atoms with van der Waals surface area (Å²) in [7, 11) is 0. The number of nitrogens with two attached hydrogens (primary N) is 4. The van der Waals surface area contributed by atoms with E-state index in [1.165, 1.54) is 13.8 Å². The molecule has 1 aliphatic heterocycles. The predicted octanol–water partition coefficient (Wildman–Crippen LogP) is -5.85. The maximum atomic E-state index is 14.4. The maximum Gasteiger partial charge on any atom is 0.245 e. The molecular weight excluding hydrogens is 1080 g/mol. The lowest BCUT2D eigenvalue weighted by Gasteiger charge is -2.28. The van der Waals surface area contributed by atoms with Crippen LogP contribution in [0.25, 0.3) is 0 Å². The molecule has 0 bridgehead atoms. The Morgan fingerprint density at radius 1 is 0.578 bits per heavy atom. The highest BCUT2D eigenvalue weighted by molar-refractivity contribution is 5.99. The lowest BCUT2D eigenvalue weighted by Crippen LogP contribution is -2.61. The van der Waals surface area contributed by atoms with Gasteiger partial charge in [0.2, 0.25) is 65.0 Å². The molecule has 1 saturated heterocycles. The number of unbranched alkanes of at least 4 members (excludes halogenated alkanes) is 4. The quantitative estimate of drug-likeness (QED) is 0.0332. The Morgan fingerprint density at radius 2 is 1.08 bits per heavy atom. The van der Waals surface area contributed by atoms with Gasteiger partial charge in [0.25, 0.3) is 0 Å². The largest absolute Gasteiger partial charge is 0.394 e. The number of carbonyl (C=O) groups excluding carboxylic acids is 11. The second-order valence-corrected chi connectivity index (χ2v) is 21.0. The molecule has 1 fully saturated rings. The summed E-state index contributed by atoms with van der Waals surface area (Å²) < 4.78 is 0. The molecule has 1 aromatic carbocycles. The molecule has 0 spiro atoms. The van der Waals surface area contributed by atoms with Gasteiger partial charge < -0.3 is 96.7 Å². The Hall–Kier alpha value is -6.89. The molecule has 11 atom stereocenters. The van der Waals surface area contributed by atoms with Gasteiger partial charge in [-0.05, 0) is 109 Å². The average Bonchev–Trinajstić information content (AvgIpc) is 3.45. The summed E-state index contributed by atoms with van der Waals surface area (Å²) in [5.41, 5.74) is 23.7. The van der Waals surface area contributed by atoms with Crippen molar-refractivity contribution in [3.8, 4) is 0 Å². The minimum atomic E-state index is -1.83. The van der Waals surface area contributed by atoms with Crippen LogP contribution < -0.4 is 81.4 Å². The second kappa shape index (κ2) is 39.6.